The minimum atomic E-state index is 0. The average molecular weight is 488 g/mol. The van der Waals surface area contributed by atoms with Crippen LogP contribution >= 0.6 is 24.8 Å². The smallest absolute Gasteiger partial charge is 0.127 e. The molecule has 0 saturated heterocycles. The van der Waals surface area contributed by atoms with Gasteiger partial charge in [-0.1, -0.05) is 18.2 Å². The second-order valence-electron chi connectivity index (χ2n) is 7.06. The highest BCUT2D eigenvalue weighted by Crippen LogP contribution is 2.28. The number of aromatic nitrogens is 1. The van der Waals surface area contributed by atoms with Crippen molar-refractivity contribution in [3.63, 3.8) is 0 Å². The molecule has 0 atom stereocenters. The van der Waals surface area contributed by atoms with E-state index in [-0.39, 0.29) is 38.0 Å². The summed E-state index contributed by atoms with van der Waals surface area (Å²) in [5.74, 6) is 1.46. The number of nitrogens with one attached hydrogen (secondary N) is 1. The van der Waals surface area contributed by atoms with Crippen LogP contribution in [0.2, 0.25) is 0 Å². The molecule has 3 N–H and O–H groups in total. The van der Waals surface area contributed by atoms with Crippen LogP contribution in [0.15, 0.2) is 85.1 Å². The fraction of sp³-hybridized carbons (Fsp3) is 0.160. The summed E-state index contributed by atoms with van der Waals surface area (Å²) in [5.41, 5.74) is 3.85. The summed E-state index contributed by atoms with van der Waals surface area (Å²) in [6.45, 7) is 1.02. The number of hydrogen-bond acceptors (Lipinski definition) is 6. The van der Waals surface area contributed by atoms with Crippen LogP contribution in [0, 0.1) is 0 Å². The number of benzene rings is 3. The molecule has 4 aromatic rings. The highest BCUT2D eigenvalue weighted by molar-refractivity contribution is 5.92. The average Bonchev–Trinajstić information content (AvgIpc) is 2.81. The van der Waals surface area contributed by atoms with Crippen LogP contribution < -0.4 is 15.0 Å². The van der Waals surface area contributed by atoms with E-state index in [0.717, 1.165) is 39.5 Å². The molecule has 0 saturated carbocycles. The number of fused-ring (bicyclic) bond motifs is 1. The molecule has 0 bridgehead atoms. The number of rotatable bonds is 9. The summed E-state index contributed by atoms with van der Waals surface area (Å²) in [7, 11) is 0. The molecule has 0 aliphatic carbocycles. The molecule has 33 heavy (non-hydrogen) atoms. The molecular formula is C25H27Cl2N3O3. The third-order valence-corrected chi connectivity index (χ3v) is 4.96. The zero-order valence-electron chi connectivity index (χ0n) is 17.9. The molecule has 0 unspecified atom stereocenters. The highest BCUT2D eigenvalue weighted by Gasteiger charge is 2.06. The van der Waals surface area contributed by atoms with Crippen LogP contribution in [-0.4, -0.2) is 41.5 Å². The van der Waals surface area contributed by atoms with E-state index in [0.29, 0.717) is 13.1 Å². The van der Waals surface area contributed by atoms with E-state index in [1.54, 1.807) is 6.20 Å². The van der Waals surface area contributed by atoms with Crippen molar-refractivity contribution in [1.29, 1.82) is 0 Å². The molecular weight excluding hydrogens is 461 g/mol. The Kier molecular flexibility index (Phi) is 10.2. The predicted octanol–water partition coefficient (Wildman–Crippen LogP) is 5.41. The Morgan fingerprint density at radius 2 is 1.36 bits per heavy atom. The van der Waals surface area contributed by atoms with Gasteiger partial charge >= 0.3 is 0 Å². The zero-order valence-corrected chi connectivity index (χ0v) is 19.6. The molecule has 1 heterocycles. The maximum Gasteiger partial charge on any atom is 0.127 e. The molecule has 0 aliphatic rings. The lowest BCUT2D eigenvalue weighted by atomic mass is 10.2. The molecule has 174 valence electrons. The van der Waals surface area contributed by atoms with Gasteiger partial charge in [0, 0.05) is 41.7 Å². The summed E-state index contributed by atoms with van der Waals surface area (Å²) in [6.07, 6.45) is 1.80. The second-order valence-corrected chi connectivity index (χ2v) is 7.06. The minimum Gasteiger partial charge on any atom is -0.457 e. The van der Waals surface area contributed by atoms with Gasteiger partial charge in [0.2, 0.25) is 0 Å². The molecule has 1 aromatic heterocycles. The van der Waals surface area contributed by atoms with E-state index in [1.165, 1.54) is 0 Å². The van der Waals surface area contributed by atoms with Gasteiger partial charge in [0.1, 0.15) is 11.5 Å². The van der Waals surface area contributed by atoms with Crippen LogP contribution in [0.25, 0.3) is 10.9 Å². The van der Waals surface area contributed by atoms with Gasteiger partial charge in [0.05, 0.1) is 18.7 Å². The van der Waals surface area contributed by atoms with Crippen LogP contribution in [-0.2, 0) is 0 Å². The fourth-order valence-corrected chi connectivity index (χ4v) is 3.44. The van der Waals surface area contributed by atoms with E-state index in [9.17, 15) is 10.2 Å². The van der Waals surface area contributed by atoms with Gasteiger partial charge in [0.15, 0.2) is 0 Å². The Morgan fingerprint density at radius 3 is 2.00 bits per heavy atom. The van der Waals surface area contributed by atoms with E-state index < -0.39 is 0 Å². The van der Waals surface area contributed by atoms with Gasteiger partial charge in [0.25, 0.3) is 0 Å². The van der Waals surface area contributed by atoms with Crippen molar-refractivity contribution in [2.75, 3.05) is 36.5 Å². The number of hydrogen-bond donors (Lipinski definition) is 3. The predicted molar refractivity (Wildman–Crippen MR) is 139 cm³/mol. The molecule has 0 amide bonds. The molecule has 6 nitrogen and oxygen atoms in total. The number of anilines is 3. The van der Waals surface area contributed by atoms with E-state index in [1.807, 2.05) is 83.8 Å². The van der Waals surface area contributed by atoms with Crippen molar-refractivity contribution < 1.29 is 14.9 Å². The standard InChI is InChI=1S/C25H25N3O3.2ClH/c29-17-15-28(16-18-30)20-7-11-22(12-8-20)31-21-9-5-19(6-10-21)27-25-13-14-26-24-4-2-1-3-23(24)25;;/h1-14,29-30H,15-18H2,(H,26,27);2*1H. The lowest BCUT2D eigenvalue weighted by Crippen LogP contribution is -2.29. The monoisotopic (exact) mass is 487 g/mol. The molecule has 3 aromatic carbocycles. The number of aliphatic hydroxyl groups excluding tert-OH is 2. The Morgan fingerprint density at radius 1 is 0.758 bits per heavy atom. The lowest BCUT2D eigenvalue weighted by molar-refractivity contribution is 0.281. The third kappa shape index (κ3) is 6.73. The van der Waals surface area contributed by atoms with Gasteiger partial charge in [-0.05, 0) is 60.7 Å². The number of para-hydroxylation sites is 1. The maximum absolute atomic E-state index is 9.19. The number of aliphatic hydroxyl groups is 2. The number of nitrogens with zero attached hydrogens (tertiary/aromatic N) is 2. The third-order valence-electron chi connectivity index (χ3n) is 4.96. The Hall–Kier alpha value is -3.03. The second kappa shape index (κ2) is 12.9. The Balaban J connectivity index is 0.00000193. The summed E-state index contributed by atoms with van der Waals surface area (Å²) < 4.78 is 5.95. The van der Waals surface area contributed by atoms with Crippen molar-refractivity contribution in [2.24, 2.45) is 0 Å². The fourth-order valence-electron chi connectivity index (χ4n) is 3.44. The van der Waals surface area contributed by atoms with Crippen molar-refractivity contribution in [3.8, 4) is 11.5 Å². The molecule has 0 spiro atoms. The Labute approximate surface area is 205 Å². The summed E-state index contributed by atoms with van der Waals surface area (Å²) in [4.78, 5) is 6.32. The van der Waals surface area contributed by atoms with Crippen molar-refractivity contribution in [2.45, 2.75) is 0 Å². The quantitative estimate of drug-likeness (QED) is 0.293. The van der Waals surface area contributed by atoms with Gasteiger partial charge in [-0.3, -0.25) is 4.98 Å². The van der Waals surface area contributed by atoms with Crippen molar-refractivity contribution in [3.05, 3.63) is 85.1 Å². The SMILES string of the molecule is Cl.Cl.OCCN(CCO)c1ccc(Oc2ccc(Nc3ccnc4ccccc34)cc2)cc1. The minimum absolute atomic E-state index is 0. The summed E-state index contributed by atoms with van der Waals surface area (Å²) in [5, 5.41) is 22.9. The first kappa shape index (κ1) is 26.2. The Bertz CT molecular complexity index is 1110. The largest absolute Gasteiger partial charge is 0.457 e. The van der Waals surface area contributed by atoms with Crippen LogP contribution in [0.5, 0.6) is 11.5 Å². The maximum atomic E-state index is 9.19. The number of ether oxygens (including phenoxy) is 1. The molecule has 0 radical (unpaired) electrons. The van der Waals surface area contributed by atoms with Gasteiger partial charge in [-0.15, -0.1) is 24.8 Å². The first-order valence-corrected chi connectivity index (χ1v) is 10.2. The normalized spacial score (nSPS) is 10.1. The van der Waals surface area contributed by atoms with E-state index in [4.69, 9.17) is 4.74 Å². The lowest BCUT2D eigenvalue weighted by Gasteiger charge is -2.23. The van der Waals surface area contributed by atoms with Crippen LogP contribution in [0.4, 0.5) is 17.1 Å². The van der Waals surface area contributed by atoms with Crippen LogP contribution in [0.1, 0.15) is 0 Å². The summed E-state index contributed by atoms with van der Waals surface area (Å²) in [6, 6.07) is 25.4. The van der Waals surface area contributed by atoms with Crippen molar-refractivity contribution >= 4 is 52.8 Å². The zero-order chi connectivity index (χ0) is 21.5. The molecule has 0 fully saturated rings. The van der Waals surface area contributed by atoms with E-state index >= 15 is 0 Å². The van der Waals surface area contributed by atoms with Gasteiger partial charge < -0.3 is 25.2 Å². The first-order chi connectivity index (χ1) is 15.3. The topological polar surface area (TPSA) is 77.9 Å². The first-order valence-electron chi connectivity index (χ1n) is 10.2. The van der Waals surface area contributed by atoms with Crippen LogP contribution in [0.3, 0.4) is 0 Å². The van der Waals surface area contributed by atoms with Crippen molar-refractivity contribution in [1.82, 2.24) is 4.98 Å². The number of pyridine rings is 1. The molecule has 8 heteroatoms. The summed E-state index contributed by atoms with van der Waals surface area (Å²) >= 11 is 0. The van der Waals surface area contributed by atoms with E-state index in [2.05, 4.69) is 10.3 Å². The van der Waals surface area contributed by atoms with Gasteiger partial charge in [-0.2, -0.15) is 0 Å². The molecule has 4 rings (SSSR count). The highest BCUT2D eigenvalue weighted by atomic mass is 35.5. The molecule has 0 aliphatic heterocycles. The number of halogens is 2. The van der Waals surface area contributed by atoms with Gasteiger partial charge in [-0.25, -0.2) is 0 Å².